The molecule has 3 nitrogen and oxygen atoms in total. The summed E-state index contributed by atoms with van der Waals surface area (Å²) in [4.78, 5) is 4.67. The molecular weight excluding hydrogens is 220 g/mol. The SMILES string of the molecule is COc1ccn2cc(C3CCCS3)nc2c1. The van der Waals surface area contributed by atoms with Crippen LogP contribution in [0.15, 0.2) is 24.5 Å². The van der Waals surface area contributed by atoms with E-state index in [0.29, 0.717) is 5.25 Å². The first kappa shape index (κ1) is 10.0. The van der Waals surface area contributed by atoms with Gasteiger partial charge in [-0.15, -0.1) is 0 Å². The number of ether oxygens (including phenoxy) is 1. The maximum Gasteiger partial charge on any atom is 0.140 e. The van der Waals surface area contributed by atoms with Gasteiger partial charge in [-0.25, -0.2) is 4.98 Å². The molecule has 84 valence electrons. The van der Waals surface area contributed by atoms with Crippen molar-refractivity contribution in [3.8, 4) is 5.75 Å². The van der Waals surface area contributed by atoms with Crippen LogP contribution in [0.25, 0.3) is 5.65 Å². The standard InChI is InChI=1S/C12H14N2OS/c1-15-9-4-5-14-8-10(13-12(14)7-9)11-3-2-6-16-11/h4-5,7-8,11H,2-3,6H2,1H3. The zero-order valence-electron chi connectivity index (χ0n) is 9.22. The van der Waals surface area contributed by atoms with Crippen LogP contribution in [-0.4, -0.2) is 22.2 Å². The molecule has 0 amide bonds. The molecule has 4 heteroatoms. The number of fused-ring (bicyclic) bond motifs is 1. The number of hydrogen-bond donors (Lipinski definition) is 0. The lowest BCUT2D eigenvalue weighted by Gasteiger charge is -2.01. The number of imidazole rings is 1. The summed E-state index contributed by atoms with van der Waals surface area (Å²) >= 11 is 2.01. The second-order valence-corrected chi connectivity index (χ2v) is 5.31. The molecule has 0 bridgehead atoms. The molecule has 3 heterocycles. The summed E-state index contributed by atoms with van der Waals surface area (Å²) in [6, 6.07) is 3.93. The first-order valence-electron chi connectivity index (χ1n) is 5.51. The van der Waals surface area contributed by atoms with Gasteiger partial charge in [0.2, 0.25) is 0 Å². The summed E-state index contributed by atoms with van der Waals surface area (Å²) in [5, 5.41) is 0.589. The Labute approximate surface area is 98.8 Å². The molecular formula is C12H14N2OS. The second-order valence-electron chi connectivity index (χ2n) is 4.00. The first-order valence-corrected chi connectivity index (χ1v) is 6.56. The lowest BCUT2D eigenvalue weighted by atomic mass is 10.2. The molecule has 2 aromatic heterocycles. The molecule has 1 atom stereocenters. The smallest absolute Gasteiger partial charge is 0.140 e. The Morgan fingerprint density at radius 1 is 1.56 bits per heavy atom. The number of pyridine rings is 1. The fourth-order valence-electron chi connectivity index (χ4n) is 2.08. The number of thioether (sulfide) groups is 1. The van der Waals surface area contributed by atoms with E-state index in [1.807, 2.05) is 30.1 Å². The molecule has 0 spiro atoms. The number of aromatic nitrogens is 2. The van der Waals surface area contributed by atoms with Crippen molar-refractivity contribution in [3.63, 3.8) is 0 Å². The fraction of sp³-hybridized carbons (Fsp3) is 0.417. The van der Waals surface area contributed by atoms with Crippen LogP contribution < -0.4 is 4.74 Å². The van der Waals surface area contributed by atoms with Crippen molar-refractivity contribution in [3.05, 3.63) is 30.2 Å². The van der Waals surface area contributed by atoms with Crippen LogP contribution in [0.4, 0.5) is 0 Å². The normalized spacial score (nSPS) is 20.4. The number of hydrogen-bond acceptors (Lipinski definition) is 3. The van der Waals surface area contributed by atoms with Crippen molar-refractivity contribution >= 4 is 17.4 Å². The summed E-state index contributed by atoms with van der Waals surface area (Å²) < 4.78 is 7.26. The Bertz CT molecular complexity index is 503. The fourth-order valence-corrected chi connectivity index (χ4v) is 3.31. The molecule has 1 aliphatic heterocycles. The molecule has 1 saturated heterocycles. The second kappa shape index (κ2) is 4.01. The predicted molar refractivity (Wildman–Crippen MR) is 66.2 cm³/mol. The Kier molecular flexibility index (Phi) is 2.52. The quantitative estimate of drug-likeness (QED) is 0.799. The highest BCUT2D eigenvalue weighted by Gasteiger charge is 2.20. The Morgan fingerprint density at radius 3 is 3.25 bits per heavy atom. The maximum absolute atomic E-state index is 5.20. The van der Waals surface area contributed by atoms with E-state index in [-0.39, 0.29) is 0 Å². The largest absolute Gasteiger partial charge is 0.497 e. The average Bonchev–Trinajstić information content (AvgIpc) is 2.96. The van der Waals surface area contributed by atoms with E-state index in [0.717, 1.165) is 11.4 Å². The van der Waals surface area contributed by atoms with Gasteiger partial charge in [0, 0.05) is 23.7 Å². The van der Waals surface area contributed by atoms with E-state index in [2.05, 4.69) is 15.6 Å². The van der Waals surface area contributed by atoms with Gasteiger partial charge in [0.1, 0.15) is 11.4 Å². The van der Waals surface area contributed by atoms with Crippen LogP contribution in [-0.2, 0) is 0 Å². The highest BCUT2D eigenvalue weighted by atomic mass is 32.2. The lowest BCUT2D eigenvalue weighted by Crippen LogP contribution is -1.87. The van der Waals surface area contributed by atoms with Crippen molar-refractivity contribution in [1.29, 1.82) is 0 Å². The Morgan fingerprint density at radius 2 is 2.50 bits per heavy atom. The molecule has 0 aliphatic carbocycles. The van der Waals surface area contributed by atoms with Gasteiger partial charge in [0.15, 0.2) is 0 Å². The zero-order chi connectivity index (χ0) is 11.0. The highest BCUT2D eigenvalue weighted by Crippen LogP contribution is 2.39. The number of rotatable bonds is 2. The first-order chi connectivity index (χ1) is 7.86. The molecule has 0 radical (unpaired) electrons. The minimum absolute atomic E-state index is 0.589. The van der Waals surface area contributed by atoms with Crippen LogP contribution in [0.2, 0.25) is 0 Å². The van der Waals surface area contributed by atoms with Crippen LogP contribution >= 0.6 is 11.8 Å². The van der Waals surface area contributed by atoms with Gasteiger partial charge in [-0.05, 0) is 24.7 Å². The molecule has 16 heavy (non-hydrogen) atoms. The van der Waals surface area contributed by atoms with Crippen LogP contribution in [0, 0.1) is 0 Å². The topological polar surface area (TPSA) is 26.5 Å². The van der Waals surface area contributed by atoms with Crippen molar-refractivity contribution in [2.24, 2.45) is 0 Å². The maximum atomic E-state index is 5.20. The monoisotopic (exact) mass is 234 g/mol. The summed E-state index contributed by atoms with van der Waals surface area (Å²) in [7, 11) is 1.68. The summed E-state index contributed by atoms with van der Waals surface area (Å²) in [5.74, 6) is 2.13. The zero-order valence-corrected chi connectivity index (χ0v) is 10.0. The predicted octanol–water partition coefficient (Wildman–Crippen LogP) is 2.91. The van der Waals surface area contributed by atoms with Gasteiger partial charge in [0.05, 0.1) is 12.8 Å². The van der Waals surface area contributed by atoms with E-state index < -0.39 is 0 Å². The summed E-state index contributed by atoms with van der Waals surface area (Å²) in [5.41, 5.74) is 2.18. The average molecular weight is 234 g/mol. The van der Waals surface area contributed by atoms with Gasteiger partial charge in [-0.2, -0.15) is 11.8 Å². The third-order valence-corrected chi connectivity index (χ3v) is 4.35. The van der Waals surface area contributed by atoms with Gasteiger partial charge in [0.25, 0.3) is 0 Å². The molecule has 0 N–H and O–H groups in total. The molecule has 1 unspecified atom stereocenters. The minimum atomic E-state index is 0.589. The van der Waals surface area contributed by atoms with Crippen LogP contribution in [0.1, 0.15) is 23.8 Å². The molecule has 3 rings (SSSR count). The molecule has 1 aliphatic rings. The van der Waals surface area contributed by atoms with Gasteiger partial charge >= 0.3 is 0 Å². The van der Waals surface area contributed by atoms with Crippen LogP contribution in [0.3, 0.4) is 0 Å². The van der Waals surface area contributed by atoms with Gasteiger partial charge in [-0.3, -0.25) is 0 Å². The third kappa shape index (κ3) is 1.67. The van der Waals surface area contributed by atoms with E-state index in [4.69, 9.17) is 4.74 Å². The molecule has 0 aromatic carbocycles. The highest BCUT2D eigenvalue weighted by molar-refractivity contribution is 7.99. The Hall–Kier alpha value is -1.16. The molecule has 2 aromatic rings. The third-order valence-electron chi connectivity index (χ3n) is 2.95. The number of nitrogens with zero attached hydrogens (tertiary/aromatic N) is 2. The van der Waals surface area contributed by atoms with E-state index in [1.54, 1.807) is 7.11 Å². The van der Waals surface area contributed by atoms with Crippen LogP contribution in [0.5, 0.6) is 5.75 Å². The Balaban J connectivity index is 2.01. The van der Waals surface area contributed by atoms with E-state index >= 15 is 0 Å². The van der Waals surface area contributed by atoms with Crippen molar-refractivity contribution in [2.75, 3.05) is 12.9 Å². The van der Waals surface area contributed by atoms with Gasteiger partial charge < -0.3 is 9.14 Å². The van der Waals surface area contributed by atoms with Crippen molar-refractivity contribution in [2.45, 2.75) is 18.1 Å². The van der Waals surface area contributed by atoms with Gasteiger partial charge in [-0.1, -0.05) is 0 Å². The number of methoxy groups -OCH3 is 1. The van der Waals surface area contributed by atoms with Crippen molar-refractivity contribution < 1.29 is 4.74 Å². The van der Waals surface area contributed by atoms with E-state index in [9.17, 15) is 0 Å². The summed E-state index contributed by atoms with van der Waals surface area (Å²) in [6.07, 6.45) is 6.71. The summed E-state index contributed by atoms with van der Waals surface area (Å²) in [6.45, 7) is 0. The minimum Gasteiger partial charge on any atom is -0.497 e. The molecule has 0 saturated carbocycles. The lowest BCUT2D eigenvalue weighted by molar-refractivity contribution is 0.414. The molecule has 1 fully saturated rings. The van der Waals surface area contributed by atoms with E-state index in [1.165, 1.54) is 24.3 Å². The van der Waals surface area contributed by atoms with Crippen molar-refractivity contribution in [1.82, 2.24) is 9.38 Å².